The van der Waals surface area contributed by atoms with Crippen LogP contribution in [0.3, 0.4) is 0 Å². The number of carbonyl (C=O) groups excluding carboxylic acids is 1. The Morgan fingerprint density at radius 2 is 2.25 bits per heavy atom. The first-order valence-electron chi connectivity index (χ1n) is 3.25. The van der Waals surface area contributed by atoms with E-state index in [1.807, 2.05) is 0 Å². The van der Waals surface area contributed by atoms with Gasteiger partial charge >= 0.3 is 0 Å². The second-order valence-corrected chi connectivity index (χ2v) is 2.16. The number of phenols is 1. The molecular weight excluding hydrogens is 158 g/mol. The molecule has 0 saturated carbocycles. The van der Waals surface area contributed by atoms with Crippen molar-refractivity contribution in [3.05, 3.63) is 29.8 Å². The molecule has 62 valence electrons. The lowest BCUT2D eigenvalue weighted by atomic mass is 10.1. The Hall–Kier alpha value is -1.84. The van der Waals surface area contributed by atoms with Crippen LogP contribution in [0.2, 0.25) is 0 Å². The number of hydrogen-bond donors (Lipinski definition) is 2. The standard InChI is InChI=1S/C8H7NO3/c10-7-3-1-2-6(4-7)8(11)5-9-12/h1-5,10,12H/b9-5+. The highest BCUT2D eigenvalue weighted by Crippen LogP contribution is 2.10. The van der Waals surface area contributed by atoms with Crippen molar-refractivity contribution in [2.45, 2.75) is 0 Å². The van der Waals surface area contributed by atoms with Gasteiger partial charge in [0.25, 0.3) is 0 Å². The normalized spacial score (nSPS) is 10.3. The minimum absolute atomic E-state index is 0.00666. The van der Waals surface area contributed by atoms with Crippen LogP contribution in [-0.4, -0.2) is 22.3 Å². The van der Waals surface area contributed by atoms with Gasteiger partial charge in [0.05, 0.1) is 0 Å². The van der Waals surface area contributed by atoms with E-state index in [9.17, 15) is 4.79 Å². The van der Waals surface area contributed by atoms with Crippen molar-refractivity contribution in [1.82, 2.24) is 0 Å². The van der Waals surface area contributed by atoms with Crippen LogP contribution >= 0.6 is 0 Å². The number of phenolic OH excluding ortho intramolecular Hbond substituents is 1. The van der Waals surface area contributed by atoms with Gasteiger partial charge in [-0.1, -0.05) is 17.3 Å². The third-order valence-electron chi connectivity index (χ3n) is 1.31. The van der Waals surface area contributed by atoms with Crippen LogP contribution in [0.4, 0.5) is 0 Å². The zero-order chi connectivity index (χ0) is 8.97. The van der Waals surface area contributed by atoms with Crippen molar-refractivity contribution >= 4 is 12.0 Å². The zero-order valence-electron chi connectivity index (χ0n) is 6.14. The first-order valence-corrected chi connectivity index (χ1v) is 3.25. The van der Waals surface area contributed by atoms with Crippen molar-refractivity contribution in [3.63, 3.8) is 0 Å². The van der Waals surface area contributed by atoms with Gasteiger partial charge in [-0.15, -0.1) is 0 Å². The number of benzene rings is 1. The number of ketones is 1. The van der Waals surface area contributed by atoms with Crippen molar-refractivity contribution < 1.29 is 15.1 Å². The third-order valence-corrected chi connectivity index (χ3v) is 1.31. The Bertz CT molecular complexity index is 320. The van der Waals surface area contributed by atoms with Crippen LogP contribution in [-0.2, 0) is 0 Å². The predicted octanol–water partition coefficient (Wildman–Crippen LogP) is 1.03. The first-order chi connectivity index (χ1) is 5.74. The molecule has 0 aliphatic carbocycles. The molecule has 12 heavy (non-hydrogen) atoms. The molecule has 1 aromatic carbocycles. The van der Waals surface area contributed by atoms with Gasteiger partial charge in [-0.25, -0.2) is 0 Å². The summed E-state index contributed by atoms with van der Waals surface area (Å²) < 4.78 is 0. The molecule has 0 saturated heterocycles. The van der Waals surface area contributed by atoms with Crippen LogP contribution < -0.4 is 0 Å². The van der Waals surface area contributed by atoms with E-state index < -0.39 is 5.78 Å². The summed E-state index contributed by atoms with van der Waals surface area (Å²) in [4.78, 5) is 11.0. The Morgan fingerprint density at radius 1 is 1.50 bits per heavy atom. The smallest absolute Gasteiger partial charge is 0.207 e. The van der Waals surface area contributed by atoms with Gasteiger partial charge in [0, 0.05) is 5.56 Å². The van der Waals surface area contributed by atoms with Gasteiger partial charge in [0.15, 0.2) is 0 Å². The van der Waals surface area contributed by atoms with E-state index in [4.69, 9.17) is 10.3 Å². The molecular formula is C8H7NO3. The number of nitrogens with zero attached hydrogens (tertiary/aromatic N) is 1. The van der Waals surface area contributed by atoms with Gasteiger partial charge in [0.1, 0.15) is 12.0 Å². The van der Waals surface area contributed by atoms with Gasteiger partial charge in [-0.3, -0.25) is 4.79 Å². The average molecular weight is 165 g/mol. The van der Waals surface area contributed by atoms with E-state index >= 15 is 0 Å². The Morgan fingerprint density at radius 3 is 2.83 bits per heavy atom. The van der Waals surface area contributed by atoms with Crippen molar-refractivity contribution in [1.29, 1.82) is 0 Å². The molecule has 0 unspecified atom stereocenters. The molecule has 0 aliphatic rings. The van der Waals surface area contributed by atoms with Gasteiger partial charge in [-0.2, -0.15) is 0 Å². The Labute approximate surface area is 68.8 Å². The topological polar surface area (TPSA) is 69.9 Å². The fourth-order valence-electron chi connectivity index (χ4n) is 0.786. The van der Waals surface area contributed by atoms with Crippen molar-refractivity contribution in [2.75, 3.05) is 0 Å². The molecule has 0 aliphatic heterocycles. The maximum Gasteiger partial charge on any atom is 0.207 e. The molecule has 0 bridgehead atoms. The lowest BCUT2D eigenvalue weighted by Crippen LogP contribution is -1.99. The molecule has 4 heteroatoms. The largest absolute Gasteiger partial charge is 0.508 e. The Balaban J connectivity index is 2.96. The maximum atomic E-state index is 11.0. The summed E-state index contributed by atoms with van der Waals surface area (Å²) in [5.74, 6) is -0.444. The molecule has 0 atom stereocenters. The minimum atomic E-state index is -0.451. The van der Waals surface area contributed by atoms with Gasteiger partial charge in [0.2, 0.25) is 5.78 Å². The lowest BCUT2D eigenvalue weighted by Gasteiger charge is -1.94. The highest BCUT2D eigenvalue weighted by atomic mass is 16.4. The molecule has 1 aromatic rings. The van der Waals surface area contributed by atoms with Crippen LogP contribution in [0.15, 0.2) is 29.4 Å². The predicted molar refractivity (Wildman–Crippen MR) is 42.7 cm³/mol. The zero-order valence-corrected chi connectivity index (χ0v) is 6.14. The summed E-state index contributed by atoms with van der Waals surface area (Å²) in [6, 6.07) is 5.80. The van der Waals surface area contributed by atoms with E-state index in [1.165, 1.54) is 24.3 Å². The monoisotopic (exact) mass is 165 g/mol. The summed E-state index contributed by atoms with van der Waals surface area (Å²) in [5, 5.41) is 19.6. The van der Waals surface area contributed by atoms with Crippen LogP contribution in [0, 0.1) is 0 Å². The van der Waals surface area contributed by atoms with E-state index in [0.29, 0.717) is 0 Å². The average Bonchev–Trinajstić information content (AvgIpc) is 2.05. The fourth-order valence-corrected chi connectivity index (χ4v) is 0.786. The minimum Gasteiger partial charge on any atom is -0.508 e. The summed E-state index contributed by atoms with van der Waals surface area (Å²) in [7, 11) is 0. The highest BCUT2D eigenvalue weighted by Gasteiger charge is 2.02. The van der Waals surface area contributed by atoms with Gasteiger partial charge in [-0.05, 0) is 12.1 Å². The number of aromatic hydroxyl groups is 1. The molecule has 4 nitrogen and oxygen atoms in total. The molecule has 0 spiro atoms. The summed E-state index contributed by atoms with van der Waals surface area (Å²) in [5.41, 5.74) is 0.285. The summed E-state index contributed by atoms with van der Waals surface area (Å²) in [6.45, 7) is 0. The first kappa shape index (κ1) is 8.26. The molecule has 0 heterocycles. The number of Topliss-reactive ketones (excluding diaryl/α,β-unsaturated/α-hetero) is 1. The van der Waals surface area contributed by atoms with Crippen LogP contribution in [0.5, 0.6) is 5.75 Å². The second-order valence-electron chi connectivity index (χ2n) is 2.16. The number of rotatable bonds is 2. The number of oxime groups is 1. The van der Waals surface area contributed by atoms with E-state index in [-0.39, 0.29) is 11.3 Å². The number of carbonyl (C=O) groups is 1. The van der Waals surface area contributed by atoms with Crippen molar-refractivity contribution in [3.8, 4) is 5.75 Å². The van der Waals surface area contributed by atoms with Crippen LogP contribution in [0.25, 0.3) is 0 Å². The quantitative estimate of drug-likeness (QED) is 0.297. The number of hydrogen-bond acceptors (Lipinski definition) is 4. The fraction of sp³-hybridized carbons (Fsp3) is 0. The SMILES string of the molecule is O=C(/C=N/O)c1cccc(O)c1. The summed E-state index contributed by atoms with van der Waals surface area (Å²) in [6.07, 6.45) is 0.773. The molecule has 0 radical (unpaired) electrons. The van der Waals surface area contributed by atoms with E-state index in [1.54, 1.807) is 0 Å². The van der Waals surface area contributed by atoms with Gasteiger partial charge < -0.3 is 10.3 Å². The van der Waals surface area contributed by atoms with E-state index in [2.05, 4.69) is 5.16 Å². The molecule has 0 amide bonds. The summed E-state index contributed by atoms with van der Waals surface area (Å²) >= 11 is 0. The Kier molecular flexibility index (Phi) is 2.42. The molecule has 0 aromatic heterocycles. The van der Waals surface area contributed by atoms with Crippen molar-refractivity contribution in [2.24, 2.45) is 5.16 Å². The third kappa shape index (κ3) is 1.82. The highest BCUT2D eigenvalue weighted by molar-refractivity contribution is 6.35. The molecule has 1 rings (SSSR count). The van der Waals surface area contributed by atoms with E-state index in [0.717, 1.165) is 6.21 Å². The second kappa shape index (κ2) is 3.52. The van der Waals surface area contributed by atoms with Crippen LogP contribution in [0.1, 0.15) is 10.4 Å². The molecule has 2 N–H and O–H groups in total. The molecule has 0 fully saturated rings. The lowest BCUT2D eigenvalue weighted by molar-refractivity contribution is 0.106. The maximum absolute atomic E-state index is 11.0.